The largest absolute Gasteiger partial charge is 0.366 e. The molecule has 11 nitrogen and oxygen atoms in total. The number of imidazole rings is 1. The molecule has 3 aromatic rings. The highest BCUT2D eigenvalue weighted by Crippen LogP contribution is 2.09. The van der Waals surface area contributed by atoms with Gasteiger partial charge in [-0.1, -0.05) is 0 Å². The van der Waals surface area contributed by atoms with Gasteiger partial charge < -0.3 is 5.73 Å². The first kappa shape index (κ1) is 12.7. The van der Waals surface area contributed by atoms with Crippen molar-refractivity contribution in [1.29, 1.82) is 0 Å². The third-order valence-electron chi connectivity index (χ3n) is 2.55. The van der Waals surface area contributed by atoms with Crippen molar-refractivity contribution in [3.05, 3.63) is 36.7 Å². The van der Waals surface area contributed by atoms with Crippen LogP contribution in [-0.2, 0) is 0 Å². The summed E-state index contributed by atoms with van der Waals surface area (Å²) in [6.45, 7) is 0. The number of amides is 1. The van der Waals surface area contributed by atoms with Gasteiger partial charge in [0, 0.05) is 18.6 Å². The predicted molar refractivity (Wildman–Crippen MR) is 70.4 cm³/mol. The minimum Gasteiger partial charge on any atom is -0.366 e. The molecule has 0 aromatic carbocycles. The van der Waals surface area contributed by atoms with Gasteiger partial charge in [0.15, 0.2) is 0 Å². The zero-order valence-electron chi connectivity index (χ0n) is 10.6. The molecule has 0 aliphatic rings. The normalized spacial score (nSPS) is 10.5. The number of nitrogens with one attached hydrogen (secondary N) is 1. The van der Waals surface area contributed by atoms with Crippen molar-refractivity contribution in [2.45, 2.75) is 0 Å². The van der Waals surface area contributed by atoms with Crippen molar-refractivity contribution in [2.24, 2.45) is 11.6 Å². The SMILES string of the molecule is NNc1nc(-n2ccnc2)nc(-n2cc(C(N)=O)cn2)n1. The van der Waals surface area contributed by atoms with Gasteiger partial charge in [-0.2, -0.15) is 20.1 Å². The minimum absolute atomic E-state index is 0.139. The molecule has 0 aliphatic heterocycles. The second kappa shape index (κ2) is 4.97. The number of hydrogen-bond acceptors (Lipinski definition) is 8. The third-order valence-corrected chi connectivity index (χ3v) is 2.55. The molecule has 0 saturated carbocycles. The Labute approximate surface area is 117 Å². The Hall–Kier alpha value is -3.34. The molecule has 106 valence electrons. The Morgan fingerprint density at radius 2 is 2.05 bits per heavy atom. The van der Waals surface area contributed by atoms with Crippen molar-refractivity contribution in [3.8, 4) is 11.9 Å². The maximum atomic E-state index is 11.1. The molecule has 0 spiro atoms. The summed E-state index contributed by atoms with van der Waals surface area (Å²) in [5.41, 5.74) is 7.76. The van der Waals surface area contributed by atoms with Crippen LogP contribution in [0.2, 0.25) is 0 Å². The summed E-state index contributed by atoms with van der Waals surface area (Å²) in [5.74, 6) is 5.35. The smallest absolute Gasteiger partial charge is 0.257 e. The quantitative estimate of drug-likeness (QED) is 0.391. The Bertz CT molecular complexity index is 777. The Balaban J connectivity index is 2.09. The molecular formula is C10H10N10O. The highest BCUT2D eigenvalue weighted by molar-refractivity contribution is 5.92. The van der Waals surface area contributed by atoms with Gasteiger partial charge in [0.2, 0.25) is 11.9 Å². The number of carbonyl (C=O) groups is 1. The van der Waals surface area contributed by atoms with Crippen LogP contribution in [0, 0.1) is 0 Å². The lowest BCUT2D eigenvalue weighted by Crippen LogP contribution is -2.16. The van der Waals surface area contributed by atoms with E-state index in [9.17, 15) is 4.79 Å². The highest BCUT2D eigenvalue weighted by Gasteiger charge is 2.12. The summed E-state index contributed by atoms with van der Waals surface area (Å²) in [7, 11) is 0. The van der Waals surface area contributed by atoms with Gasteiger partial charge >= 0.3 is 0 Å². The van der Waals surface area contributed by atoms with E-state index in [1.54, 1.807) is 17.0 Å². The van der Waals surface area contributed by atoms with Crippen LogP contribution < -0.4 is 17.0 Å². The number of hydrazine groups is 1. The fourth-order valence-corrected chi connectivity index (χ4v) is 1.57. The topological polar surface area (TPSA) is 155 Å². The van der Waals surface area contributed by atoms with E-state index in [-0.39, 0.29) is 17.5 Å². The molecule has 3 rings (SSSR count). The average Bonchev–Trinajstić information content (AvgIpc) is 3.18. The molecule has 0 atom stereocenters. The van der Waals surface area contributed by atoms with Gasteiger partial charge in [-0.3, -0.25) is 14.8 Å². The van der Waals surface area contributed by atoms with E-state index in [1.807, 2.05) is 0 Å². The summed E-state index contributed by atoms with van der Waals surface area (Å²) >= 11 is 0. The minimum atomic E-state index is -0.595. The Kier molecular flexibility index (Phi) is 3.00. The molecule has 3 heterocycles. The van der Waals surface area contributed by atoms with E-state index < -0.39 is 5.91 Å². The molecule has 1 amide bonds. The summed E-state index contributed by atoms with van der Waals surface area (Å²) in [6, 6.07) is 0. The highest BCUT2D eigenvalue weighted by atomic mass is 16.1. The van der Waals surface area contributed by atoms with Crippen LogP contribution in [0.15, 0.2) is 31.1 Å². The number of rotatable bonds is 4. The molecule has 0 unspecified atom stereocenters. The van der Waals surface area contributed by atoms with E-state index >= 15 is 0 Å². The maximum absolute atomic E-state index is 11.1. The number of nitrogens with zero attached hydrogens (tertiary/aromatic N) is 7. The molecule has 11 heteroatoms. The Morgan fingerprint density at radius 3 is 2.67 bits per heavy atom. The monoisotopic (exact) mass is 286 g/mol. The van der Waals surface area contributed by atoms with Crippen LogP contribution in [0.3, 0.4) is 0 Å². The van der Waals surface area contributed by atoms with Crippen LogP contribution in [0.4, 0.5) is 5.95 Å². The van der Waals surface area contributed by atoms with Crippen LogP contribution in [0.5, 0.6) is 0 Å². The lowest BCUT2D eigenvalue weighted by Gasteiger charge is -2.06. The summed E-state index contributed by atoms with van der Waals surface area (Å²) < 4.78 is 2.87. The molecule has 0 bridgehead atoms. The van der Waals surface area contributed by atoms with Gasteiger partial charge in [-0.25, -0.2) is 15.5 Å². The zero-order chi connectivity index (χ0) is 14.8. The first-order chi connectivity index (χ1) is 10.2. The number of hydrogen-bond donors (Lipinski definition) is 3. The van der Waals surface area contributed by atoms with Gasteiger partial charge in [0.1, 0.15) is 6.33 Å². The summed E-state index contributed by atoms with van der Waals surface area (Å²) in [6.07, 6.45) is 7.50. The van der Waals surface area contributed by atoms with E-state index in [0.717, 1.165) is 0 Å². The van der Waals surface area contributed by atoms with E-state index in [4.69, 9.17) is 11.6 Å². The fourth-order valence-electron chi connectivity index (χ4n) is 1.57. The zero-order valence-corrected chi connectivity index (χ0v) is 10.6. The molecule has 5 N–H and O–H groups in total. The number of carbonyl (C=O) groups excluding carboxylic acids is 1. The molecule has 0 fully saturated rings. The second-order valence-electron chi connectivity index (χ2n) is 3.91. The lowest BCUT2D eigenvalue weighted by atomic mass is 10.4. The van der Waals surface area contributed by atoms with Crippen molar-refractivity contribution in [2.75, 3.05) is 5.43 Å². The summed E-state index contributed by atoms with van der Waals surface area (Å²) in [5, 5.41) is 3.98. The van der Waals surface area contributed by atoms with E-state index in [1.165, 1.54) is 23.4 Å². The van der Waals surface area contributed by atoms with Gasteiger partial charge in [0.05, 0.1) is 11.8 Å². The number of nitrogen functional groups attached to an aromatic ring is 1. The van der Waals surface area contributed by atoms with Crippen LogP contribution in [0.1, 0.15) is 10.4 Å². The van der Waals surface area contributed by atoms with Crippen molar-refractivity contribution >= 4 is 11.9 Å². The summed E-state index contributed by atoms with van der Waals surface area (Å²) in [4.78, 5) is 27.4. The van der Waals surface area contributed by atoms with E-state index in [2.05, 4.69) is 30.5 Å². The van der Waals surface area contributed by atoms with Crippen molar-refractivity contribution < 1.29 is 4.79 Å². The molecule has 0 radical (unpaired) electrons. The number of aromatic nitrogens is 7. The predicted octanol–water partition coefficient (Wildman–Crippen LogP) is -1.37. The molecule has 3 aromatic heterocycles. The van der Waals surface area contributed by atoms with E-state index in [0.29, 0.717) is 5.95 Å². The van der Waals surface area contributed by atoms with Crippen LogP contribution in [-0.4, -0.2) is 40.2 Å². The molecular weight excluding hydrogens is 276 g/mol. The maximum Gasteiger partial charge on any atom is 0.257 e. The Morgan fingerprint density at radius 1 is 1.24 bits per heavy atom. The molecule has 0 aliphatic carbocycles. The third kappa shape index (κ3) is 2.40. The van der Waals surface area contributed by atoms with Crippen LogP contribution >= 0.6 is 0 Å². The molecule has 0 saturated heterocycles. The van der Waals surface area contributed by atoms with Crippen molar-refractivity contribution in [1.82, 2.24) is 34.3 Å². The number of anilines is 1. The lowest BCUT2D eigenvalue weighted by molar-refractivity contribution is 0.100. The first-order valence-corrected chi connectivity index (χ1v) is 5.73. The molecule has 21 heavy (non-hydrogen) atoms. The second-order valence-corrected chi connectivity index (χ2v) is 3.91. The number of primary amides is 1. The van der Waals surface area contributed by atoms with Gasteiger partial charge in [-0.15, -0.1) is 0 Å². The van der Waals surface area contributed by atoms with Crippen molar-refractivity contribution in [3.63, 3.8) is 0 Å². The number of nitrogens with two attached hydrogens (primary N) is 2. The standard InChI is InChI=1S/C10H10N10O/c11-7(21)6-3-14-20(4-6)10-16-8(18-12)15-9(17-10)19-2-1-13-5-19/h1-5H,12H2,(H2,11,21)(H,15,16,17,18). The van der Waals surface area contributed by atoms with Crippen LogP contribution in [0.25, 0.3) is 11.9 Å². The fraction of sp³-hybridized carbons (Fsp3) is 0. The van der Waals surface area contributed by atoms with Gasteiger partial charge in [-0.05, 0) is 0 Å². The van der Waals surface area contributed by atoms with Gasteiger partial charge in [0.25, 0.3) is 11.9 Å². The first-order valence-electron chi connectivity index (χ1n) is 5.73. The average molecular weight is 286 g/mol.